The summed E-state index contributed by atoms with van der Waals surface area (Å²) in [5.74, 6) is 0. The molecule has 0 spiro atoms. The number of aromatic nitrogens is 1. The van der Waals surface area contributed by atoms with Gasteiger partial charge in [0.1, 0.15) is 6.20 Å². The molecule has 1 aromatic heterocycles. The van der Waals surface area contributed by atoms with Crippen LogP contribution in [0.3, 0.4) is 0 Å². The molecule has 1 heterocycles. The van der Waals surface area contributed by atoms with Crippen LogP contribution in [0.5, 0.6) is 0 Å². The van der Waals surface area contributed by atoms with E-state index in [1.807, 2.05) is 19.1 Å². The van der Waals surface area contributed by atoms with Crippen molar-refractivity contribution >= 4 is 5.69 Å². The minimum Gasteiger partial charge on any atom is -0.258 e. The van der Waals surface area contributed by atoms with Crippen LogP contribution in [0.1, 0.15) is 16.7 Å². The average molecular weight is 242 g/mol. The number of aryl methyl sites for hydroxylation is 1. The zero-order valence-electron chi connectivity index (χ0n) is 10.6. The molecule has 2 rings (SSSR count). The summed E-state index contributed by atoms with van der Waals surface area (Å²) >= 11 is 0. The highest BCUT2D eigenvalue weighted by Crippen LogP contribution is 2.26. The predicted octanol–water partition coefficient (Wildman–Crippen LogP) is 3.58. The molecular formula is C14H14N2O2. The van der Waals surface area contributed by atoms with Crippen LogP contribution in [-0.2, 0) is 0 Å². The van der Waals surface area contributed by atoms with E-state index in [2.05, 4.69) is 18.8 Å². The third-order valence-electron chi connectivity index (χ3n) is 3.29. The Morgan fingerprint density at radius 2 is 1.78 bits per heavy atom. The van der Waals surface area contributed by atoms with Gasteiger partial charge < -0.3 is 0 Å². The molecule has 0 bridgehead atoms. The first-order chi connectivity index (χ1) is 8.50. The lowest BCUT2D eigenvalue weighted by molar-refractivity contribution is -0.385. The van der Waals surface area contributed by atoms with Crippen LogP contribution in [0.2, 0.25) is 0 Å². The fraction of sp³-hybridized carbons (Fsp3) is 0.214. The molecule has 0 aliphatic carbocycles. The van der Waals surface area contributed by atoms with Gasteiger partial charge in [0.05, 0.1) is 10.6 Å². The number of nitrogens with zero attached hydrogens (tertiary/aromatic N) is 2. The summed E-state index contributed by atoms with van der Waals surface area (Å²) in [5.41, 5.74) is 5.43. The van der Waals surface area contributed by atoms with Gasteiger partial charge in [-0.05, 0) is 43.5 Å². The Bertz CT molecular complexity index is 604. The maximum Gasteiger partial charge on any atom is 0.287 e. The molecule has 0 radical (unpaired) electrons. The molecule has 92 valence electrons. The first-order valence-electron chi connectivity index (χ1n) is 5.68. The highest BCUT2D eigenvalue weighted by Gasteiger charge is 2.10. The molecule has 0 amide bonds. The zero-order valence-corrected chi connectivity index (χ0v) is 10.6. The van der Waals surface area contributed by atoms with E-state index < -0.39 is 4.92 Å². The van der Waals surface area contributed by atoms with E-state index in [1.54, 1.807) is 6.07 Å². The van der Waals surface area contributed by atoms with Gasteiger partial charge in [0.2, 0.25) is 0 Å². The standard InChI is InChI=1S/C14H14N2O2/c1-9-4-6-13(11(3)10(9)2)14-7-5-12(8-15-14)16(17)18/h4-8H,1-3H3. The molecular weight excluding hydrogens is 228 g/mol. The second kappa shape index (κ2) is 4.56. The van der Waals surface area contributed by atoms with Crippen LogP contribution < -0.4 is 0 Å². The van der Waals surface area contributed by atoms with Crippen LogP contribution in [0.15, 0.2) is 30.5 Å². The predicted molar refractivity (Wildman–Crippen MR) is 70.5 cm³/mol. The van der Waals surface area contributed by atoms with Crippen LogP contribution in [0.4, 0.5) is 5.69 Å². The second-order valence-electron chi connectivity index (χ2n) is 4.34. The smallest absolute Gasteiger partial charge is 0.258 e. The van der Waals surface area contributed by atoms with Crippen LogP contribution in [0.25, 0.3) is 11.3 Å². The van der Waals surface area contributed by atoms with Gasteiger partial charge >= 0.3 is 0 Å². The number of rotatable bonds is 2. The summed E-state index contributed by atoms with van der Waals surface area (Å²) < 4.78 is 0. The molecule has 0 aliphatic rings. The zero-order chi connectivity index (χ0) is 13.3. The van der Waals surface area contributed by atoms with Gasteiger partial charge in [-0.25, -0.2) is 4.98 Å². The van der Waals surface area contributed by atoms with Crippen molar-refractivity contribution in [2.45, 2.75) is 20.8 Å². The summed E-state index contributed by atoms with van der Waals surface area (Å²) in [6, 6.07) is 7.22. The monoisotopic (exact) mass is 242 g/mol. The largest absolute Gasteiger partial charge is 0.287 e. The molecule has 1 aromatic carbocycles. The Hall–Kier alpha value is -2.23. The lowest BCUT2D eigenvalue weighted by Crippen LogP contribution is -1.94. The summed E-state index contributed by atoms with van der Waals surface area (Å²) in [6.07, 6.45) is 1.30. The van der Waals surface area contributed by atoms with Gasteiger partial charge in [0.15, 0.2) is 0 Å². The molecule has 0 fully saturated rings. The minimum atomic E-state index is -0.440. The summed E-state index contributed by atoms with van der Waals surface area (Å²) in [7, 11) is 0. The molecule has 2 aromatic rings. The van der Waals surface area contributed by atoms with Crippen molar-refractivity contribution in [2.75, 3.05) is 0 Å². The van der Waals surface area contributed by atoms with Crippen molar-refractivity contribution in [3.8, 4) is 11.3 Å². The minimum absolute atomic E-state index is 0.0141. The van der Waals surface area contributed by atoms with Crippen molar-refractivity contribution in [1.29, 1.82) is 0 Å². The molecule has 4 nitrogen and oxygen atoms in total. The molecule has 18 heavy (non-hydrogen) atoms. The Labute approximate surface area is 105 Å². The summed E-state index contributed by atoms with van der Waals surface area (Å²) in [6.45, 7) is 6.18. The topological polar surface area (TPSA) is 56.0 Å². The molecule has 0 saturated heterocycles. The van der Waals surface area contributed by atoms with Crippen molar-refractivity contribution < 1.29 is 4.92 Å². The molecule has 0 unspecified atom stereocenters. The molecule has 0 saturated carbocycles. The van der Waals surface area contributed by atoms with E-state index in [1.165, 1.54) is 23.4 Å². The second-order valence-corrected chi connectivity index (χ2v) is 4.34. The van der Waals surface area contributed by atoms with Crippen LogP contribution in [-0.4, -0.2) is 9.91 Å². The van der Waals surface area contributed by atoms with E-state index in [4.69, 9.17) is 0 Å². The Morgan fingerprint density at radius 1 is 1.06 bits per heavy atom. The van der Waals surface area contributed by atoms with Crippen molar-refractivity contribution in [1.82, 2.24) is 4.98 Å². The maximum atomic E-state index is 10.6. The molecule has 0 N–H and O–H groups in total. The van der Waals surface area contributed by atoms with E-state index >= 15 is 0 Å². The van der Waals surface area contributed by atoms with Gasteiger partial charge in [-0.3, -0.25) is 10.1 Å². The van der Waals surface area contributed by atoms with E-state index in [0.717, 1.165) is 16.8 Å². The number of nitro groups is 1. The van der Waals surface area contributed by atoms with E-state index in [-0.39, 0.29) is 5.69 Å². The van der Waals surface area contributed by atoms with Gasteiger partial charge in [0, 0.05) is 11.6 Å². The molecule has 0 aliphatic heterocycles. The lowest BCUT2D eigenvalue weighted by atomic mass is 9.97. The number of hydrogen-bond acceptors (Lipinski definition) is 3. The quantitative estimate of drug-likeness (QED) is 0.597. The van der Waals surface area contributed by atoms with Crippen LogP contribution >= 0.6 is 0 Å². The summed E-state index contributed by atoms with van der Waals surface area (Å²) in [4.78, 5) is 14.3. The number of pyridine rings is 1. The van der Waals surface area contributed by atoms with Gasteiger partial charge in [-0.15, -0.1) is 0 Å². The number of hydrogen-bond donors (Lipinski definition) is 0. The Morgan fingerprint density at radius 3 is 2.33 bits per heavy atom. The van der Waals surface area contributed by atoms with E-state index in [0.29, 0.717) is 0 Å². The maximum absolute atomic E-state index is 10.6. The average Bonchev–Trinajstić information content (AvgIpc) is 2.36. The van der Waals surface area contributed by atoms with Crippen molar-refractivity contribution in [3.05, 3.63) is 57.3 Å². The SMILES string of the molecule is Cc1ccc(-c2ccc([N+](=O)[O-])cn2)c(C)c1C. The van der Waals surface area contributed by atoms with Crippen molar-refractivity contribution in [3.63, 3.8) is 0 Å². The van der Waals surface area contributed by atoms with Crippen molar-refractivity contribution in [2.24, 2.45) is 0 Å². The molecule has 4 heteroatoms. The third kappa shape index (κ3) is 2.09. The highest BCUT2D eigenvalue weighted by molar-refractivity contribution is 5.66. The van der Waals surface area contributed by atoms with Gasteiger partial charge in [-0.2, -0.15) is 0 Å². The fourth-order valence-corrected chi connectivity index (χ4v) is 1.89. The van der Waals surface area contributed by atoms with Crippen LogP contribution in [0, 0.1) is 30.9 Å². The third-order valence-corrected chi connectivity index (χ3v) is 3.29. The first kappa shape index (κ1) is 12.2. The first-order valence-corrected chi connectivity index (χ1v) is 5.68. The summed E-state index contributed by atoms with van der Waals surface area (Å²) in [5, 5.41) is 10.6. The lowest BCUT2D eigenvalue weighted by Gasteiger charge is -2.10. The fourth-order valence-electron chi connectivity index (χ4n) is 1.89. The normalized spacial score (nSPS) is 10.4. The molecule has 0 atom stereocenters. The highest BCUT2D eigenvalue weighted by atomic mass is 16.6. The van der Waals surface area contributed by atoms with E-state index in [9.17, 15) is 10.1 Å². The van der Waals surface area contributed by atoms with Gasteiger partial charge in [-0.1, -0.05) is 12.1 Å². The Kier molecular flexibility index (Phi) is 3.10. The Balaban J connectivity index is 2.49. The van der Waals surface area contributed by atoms with Gasteiger partial charge in [0.25, 0.3) is 5.69 Å². The number of benzene rings is 1.